The molecule has 0 saturated heterocycles. The van der Waals surface area contributed by atoms with Crippen LogP contribution in [0.2, 0.25) is 0 Å². The summed E-state index contributed by atoms with van der Waals surface area (Å²) >= 11 is 0. The zero-order valence-corrected chi connectivity index (χ0v) is 16.0. The number of fused-ring (bicyclic) bond motifs is 1. The number of hydrogen-bond acceptors (Lipinski definition) is 6. The lowest BCUT2D eigenvalue weighted by Gasteiger charge is -2.20. The van der Waals surface area contributed by atoms with Crippen LogP contribution in [0, 0.1) is 11.2 Å². The third-order valence-electron chi connectivity index (χ3n) is 3.97. The summed E-state index contributed by atoms with van der Waals surface area (Å²) < 4.78 is 26.3. The summed E-state index contributed by atoms with van der Waals surface area (Å²) in [5.74, 6) is 0.381. The molecule has 0 amide bonds. The van der Waals surface area contributed by atoms with Crippen molar-refractivity contribution in [2.45, 2.75) is 32.6 Å². The Labute approximate surface area is 161 Å². The van der Waals surface area contributed by atoms with Gasteiger partial charge >= 0.3 is 0 Å². The fourth-order valence-electron chi connectivity index (χ4n) is 2.74. The molecule has 0 radical (unpaired) electrons. The fraction of sp³-hybridized carbons (Fsp3) is 0.316. The highest BCUT2D eigenvalue weighted by atomic mass is 19.1. The van der Waals surface area contributed by atoms with Crippen molar-refractivity contribution in [3.8, 4) is 11.6 Å². The number of hydrogen-bond donors (Lipinski definition) is 3. The molecule has 0 aliphatic rings. The molecule has 0 unspecified atom stereocenters. The van der Waals surface area contributed by atoms with E-state index in [4.69, 9.17) is 14.9 Å². The Morgan fingerprint density at radius 3 is 2.79 bits per heavy atom. The van der Waals surface area contributed by atoms with Gasteiger partial charge in [0.25, 0.3) is 0 Å². The first-order valence-corrected chi connectivity index (χ1v) is 8.62. The molecule has 8 nitrogen and oxygen atoms in total. The highest BCUT2D eigenvalue weighted by Gasteiger charge is 2.20. The Morgan fingerprint density at radius 2 is 2.11 bits per heavy atom. The number of benzene rings is 1. The molecule has 0 aliphatic heterocycles. The second-order valence-corrected chi connectivity index (χ2v) is 6.80. The zero-order chi connectivity index (χ0) is 20.5. The Bertz CT molecular complexity index is 1010. The number of halogens is 1. The summed E-state index contributed by atoms with van der Waals surface area (Å²) in [5.41, 5.74) is 0.0811. The van der Waals surface area contributed by atoms with Crippen LogP contribution in [0.15, 0.2) is 36.7 Å². The standard InChI is InChI=1S/C19H22FN5O3/c1-11(13-9-12(20)5-6-15(13)27-4)28-16-7-8-25-18(23-16)14(10-22-25)17(21)24-19(2,3)26/h5-11,26H,1-4H3,(H2,21,24)/t11-/m1/s1. The van der Waals surface area contributed by atoms with E-state index in [9.17, 15) is 9.50 Å². The van der Waals surface area contributed by atoms with Gasteiger partial charge in [-0.15, -0.1) is 0 Å². The minimum Gasteiger partial charge on any atom is -0.496 e. The molecule has 3 rings (SSSR count). The minimum atomic E-state index is -1.26. The van der Waals surface area contributed by atoms with Gasteiger partial charge < -0.3 is 19.9 Å². The summed E-state index contributed by atoms with van der Waals surface area (Å²) in [4.78, 5) is 4.41. The van der Waals surface area contributed by atoms with E-state index in [-0.39, 0.29) is 17.5 Å². The van der Waals surface area contributed by atoms with Crippen LogP contribution in [0.25, 0.3) is 5.65 Å². The molecule has 0 spiro atoms. The van der Waals surface area contributed by atoms with Crippen LogP contribution in [0.5, 0.6) is 11.6 Å². The van der Waals surface area contributed by atoms with Crippen LogP contribution in [0.4, 0.5) is 4.39 Å². The van der Waals surface area contributed by atoms with Crippen molar-refractivity contribution < 1.29 is 19.0 Å². The molecule has 0 saturated carbocycles. The van der Waals surface area contributed by atoms with Gasteiger partial charge in [0.2, 0.25) is 5.88 Å². The first kappa shape index (κ1) is 19.6. The molecule has 2 aromatic heterocycles. The van der Waals surface area contributed by atoms with E-state index < -0.39 is 11.8 Å². The third kappa shape index (κ3) is 4.20. The van der Waals surface area contributed by atoms with Crippen molar-refractivity contribution in [1.82, 2.24) is 19.9 Å². The number of nitrogens with one attached hydrogen (secondary N) is 2. The molecule has 0 fully saturated rings. The highest BCUT2D eigenvalue weighted by Crippen LogP contribution is 2.29. The first-order chi connectivity index (χ1) is 13.2. The van der Waals surface area contributed by atoms with Gasteiger partial charge in [0, 0.05) is 17.8 Å². The molecule has 9 heteroatoms. The largest absolute Gasteiger partial charge is 0.496 e. The number of methoxy groups -OCH3 is 1. The number of amidine groups is 1. The molecule has 3 aromatic rings. The lowest BCUT2D eigenvalue weighted by molar-refractivity contribution is 0.0649. The predicted octanol–water partition coefficient (Wildman–Crippen LogP) is 2.66. The maximum absolute atomic E-state index is 13.6. The maximum Gasteiger partial charge on any atom is 0.217 e. The molecule has 0 bridgehead atoms. The van der Waals surface area contributed by atoms with E-state index in [0.29, 0.717) is 22.5 Å². The highest BCUT2D eigenvalue weighted by molar-refractivity contribution is 6.01. The summed E-state index contributed by atoms with van der Waals surface area (Å²) in [6.07, 6.45) is 2.60. The Hall–Kier alpha value is -3.20. The van der Waals surface area contributed by atoms with Crippen molar-refractivity contribution >= 4 is 11.5 Å². The minimum absolute atomic E-state index is 0.0213. The maximum atomic E-state index is 13.6. The molecule has 3 N–H and O–H groups in total. The Balaban J connectivity index is 1.89. The van der Waals surface area contributed by atoms with Crippen LogP contribution in [-0.2, 0) is 0 Å². The monoisotopic (exact) mass is 387 g/mol. The quantitative estimate of drug-likeness (QED) is 0.341. The lowest BCUT2D eigenvalue weighted by Crippen LogP contribution is -2.43. The second-order valence-electron chi connectivity index (χ2n) is 6.80. The number of nitrogens with zero attached hydrogens (tertiary/aromatic N) is 3. The van der Waals surface area contributed by atoms with Gasteiger partial charge in [-0.25, -0.2) is 8.91 Å². The van der Waals surface area contributed by atoms with Crippen LogP contribution < -0.4 is 14.8 Å². The van der Waals surface area contributed by atoms with Crippen molar-refractivity contribution in [3.63, 3.8) is 0 Å². The van der Waals surface area contributed by atoms with Crippen molar-refractivity contribution in [2.24, 2.45) is 0 Å². The van der Waals surface area contributed by atoms with Gasteiger partial charge in [-0.1, -0.05) is 0 Å². The fourth-order valence-corrected chi connectivity index (χ4v) is 2.74. The van der Waals surface area contributed by atoms with E-state index >= 15 is 0 Å². The van der Waals surface area contributed by atoms with Crippen molar-refractivity contribution in [2.75, 3.05) is 7.11 Å². The topological polar surface area (TPSA) is 105 Å². The van der Waals surface area contributed by atoms with E-state index in [1.165, 1.54) is 43.8 Å². The third-order valence-corrected chi connectivity index (χ3v) is 3.97. The molecule has 2 heterocycles. The summed E-state index contributed by atoms with van der Waals surface area (Å²) in [6.45, 7) is 4.82. The Kier molecular flexibility index (Phi) is 5.19. The van der Waals surface area contributed by atoms with E-state index in [1.54, 1.807) is 25.3 Å². The van der Waals surface area contributed by atoms with Crippen molar-refractivity contribution in [3.05, 3.63) is 53.6 Å². The predicted molar refractivity (Wildman–Crippen MR) is 101 cm³/mol. The van der Waals surface area contributed by atoms with Gasteiger partial charge in [-0.3, -0.25) is 5.41 Å². The van der Waals surface area contributed by atoms with Gasteiger partial charge in [-0.2, -0.15) is 10.1 Å². The van der Waals surface area contributed by atoms with Gasteiger partial charge in [-0.05, 0) is 39.0 Å². The van der Waals surface area contributed by atoms with Crippen LogP contribution in [-0.4, -0.2) is 38.4 Å². The van der Waals surface area contributed by atoms with Crippen LogP contribution in [0.1, 0.15) is 38.0 Å². The SMILES string of the molecule is COc1ccc(F)cc1[C@@H](C)Oc1ccn2ncc(C(=N)NC(C)(C)O)c2n1. The normalized spacial score (nSPS) is 12.6. The van der Waals surface area contributed by atoms with Crippen LogP contribution >= 0.6 is 0 Å². The zero-order valence-electron chi connectivity index (χ0n) is 16.0. The number of aromatic nitrogens is 3. The summed E-state index contributed by atoms with van der Waals surface area (Å²) in [6, 6.07) is 5.84. The number of aliphatic hydroxyl groups is 1. The van der Waals surface area contributed by atoms with Crippen molar-refractivity contribution in [1.29, 1.82) is 5.41 Å². The number of rotatable bonds is 6. The molecule has 1 atom stereocenters. The van der Waals surface area contributed by atoms with E-state index in [0.717, 1.165) is 0 Å². The number of ether oxygens (including phenoxy) is 2. The molecule has 0 aliphatic carbocycles. The molecule has 1 aromatic carbocycles. The van der Waals surface area contributed by atoms with Gasteiger partial charge in [0.05, 0.1) is 18.9 Å². The lowest BCUT2D eigenvalue weighted by atomic mass is 10.1. The van der Waals surface area contributed by atoms with E-state index in [1.807, 2.05) is 0 Å². The van der Waals surface area contributed by atoms with Gasteiger partial charge in [0.1, 0.15) is 29.2 Å². The molecular formula is C19H22FN5O3. The summed E-state index contributed by atoms with van der Waals surface area (Å²) in [5, 5.41) is 24.8. The molecule has 148 valence electrons. The Morgan fingerprint density at radius 1 is 1.36 bits per heavy atom. The molecular weight excluding hydrogens is 365 g/mol. The average Bonchev–Trinajstić information content (AvgIpc) is 3.03. The first-order valence-electron chi connectivity index (χ1n) is 8.62. The van der Waals surface area contributed by atoms with Crippen LogP contribution in [0.3, 0.4) is 0 Å². The van der Waals surface area contributed by atoms with E-state index in [2.05, 4.69) is 15.4 Å². The van der Waals surface area contributed by atoms with Gasteiger partial charge in [0.15, 0.2) is 5.65 Å². The molecule has 28 heavy (non-hydrogen) atoms. The second kappa shape index (κ2) is 7.43. The summed E-state index contributed by atoms with van der Waals surface area (Å²) in [7, 11) is 1.51. The average molecular weight is 387 g/mol. The smallest absolute Gasteiger partial charge is 0.217 e.